The molecule has 0 saturated carbocycles. The van der Waals surface area contributed by atoms with E-state index in [1.54, 1.807) is 42.7 Å². The number of rotatable bonds is 10. The summed E-state index contributed by atoms with van der Waals surface area (Å²) in [6.07, 6.45) is 5.10. The van der Waals surface area contributed by atoms with Crippen LogP contribution in [0.2, 0.25) is 0 Å². The first-order valence-electron chi connectivity index (χ1n) is 13.3. The molecule has 0 fully saturated rings. The summed E-state index contributed by atoms with van der Waals surface area (Å²) in [7, 11) is 0. The summed E-state index contributed by atoms with van der Waals surface area (Å²) < 4.78 is 38.0. The number of ether oxygens (including phenoxy) is 2. The standard InChI is InChI=1S/C33H31FO5S2/c1-5-6-7-32(35)39-31-18-29-26(16-22-8-14-25(15-9-22)41(4)37)20(2)27(28(29)17-30(31)34)19-33(36)38-24-12-10-23(11-13-24)21(3)40/h8-18H,5-7,19H2,1-4H3/b26-16-. The highest BCUT2D eigenvalue weighted by Crippen LogP contribution is 2.46. The van der Waals surface area contributed by atoms with Crippen LogP contribution in [0.25, 0.3) is 17.2 Å². The number of hydrogen-bond donors (Lipinski definition) is 0. The van der Waals surface area contributed by atoms with E-state index in [2.05, 4.69) is 0 Å². The van der Waals surface area contributed by atoms with Crippen LogP contribution in [-0.4, -0.2) is 27.6 Å². The molecule has 0 N–H and O–H groups in total. The summed E-state index contributed by atoms with van der Waals surface area (Å²) in [4.78, 5) is 26.7. The number of benzene rings is 3. The van der Waals surface area contributed by atoms with Crippen molar-refractivity contribution in [3.05, 3.63) is 94.3 Å². The number of halogens is 1. The second kappa shape index (κ2) is 13.4. The molecule has 1 aliphatic rings. The van der Waals surface area contributed by atoms with E-state index in [-0.39, 0.29) is 18.6 Å². The van der Waals surface area contributed by atoms with E-state index < -0.39 is 28.9 Å². The van der Waals surface area contributed by atoms with Gasteiger partial charge in [-0.3, -0.25) is 9.59 Å². The van der Waals surface area contributed by atoms with Crippen molar-refractivity contribution >= 4 is 57.4 Å². The van der Waals surface area contributed by atoms with Crippen molar-refractivity contribution in [2.24, 2.45) is 0 Å². The fourth-order valence-electron chi connectivity index (χ4n) is 4.57. The van der Waals surface area contributed by atoms with E-state index in [0.29, 0.717) is 33.8 Å². The summed E-state index contributed by atoms with van der Waals surface area (Å²) in [5.74, 6) is -1.45. The third-order valence-electron chi connectivity index (χ3n) is 6.84. The molecule has 41 heavy (non-hydrogen) atoms. The molecular formula is C33H31FO5S2. The number of hydrogen-bond acceptors (Lipinski definition) is 6. The second-order valence-electron chi connectivity index (χ2n) is 9.82. The SMILES string of the molecule is CCCCC(=O)Oc1cc2c(cc1F)C(CC(=O)Oc1ccc(C(C)=S)cc1)=C(C)/C2=C/c1ccc([S+](C)[O-])cc1. The van der Waals surface area contributed by atoms with Gasteiger partial charge >= 0.3 is 11.9 Å². The number of esters is 2. The predicted octanol–water partition coefficient (Wildman–Crippen LogP) is 7.72. The normalized spacial score (nSPS) is 14.1. The lowest BCUT2D eigenvalue weighted by Gasteiger charge is -2.11. The first-order valence-corrected chi connectivity index (χ1v) is 15.3. The van der Waals surface area contributed by atoms with Gasteiger partial charge in [0.25, 0.3) is 0 Å². The number of carbonyl (C=O) groups is 2. The maximum absolute atomic E-state index is 15.2. The fourth-order valence-corrected chi connectivity index (χ4v) is 5.23. The molecule has 0 bridgehead atoms. The van der Waals surface area contributed by atoms with Crippen molar-refractivity contribution < 1.29 is 28.0 Å². The Bertz CT molecular complexity index is 1540. The summed E-state index contributed by atoms with van der Waals surface area (Å²) in [6.45, 7) is 5.65. The number of thiocarbonyl (C=S) groups is 1. The molecule has 212 valence electrons. The number of carbonyl (C=O) groups excluding carboxylic acids is 2. The highest BCUT2D eigenvalue weighted by molar-refractivity contribution is 7.90. The summed E-state index contributed by atoms with van der Waals surface area (Å²) in [6, 6.07) is 17.1. The molecule has 0 aromatic heterocycles. The van der Waals surface area contributed by atoms with Crippen molar-refractivity contribution in [1.82, 2.24) is 0 Å². The van der Waals surface area contributed by atoms with Crippen LogP contribution < -0.4 is 9.47 Å². The van der Waals surface area contributed by atoms with E-state index in [1.807, 2.05) is 39.0 Å². The lowest BCUT2D eigenvalue weighted by Crippen LogP contribution is -2.10. The van der Waals surface area contributed by atoms with Crippen molar-refractivity contribution in [2.45, 2.75) is 51.3 Å². The van der Waals surface area contributed by atoms with Gasteiger partial charge in [0.2, 0.25) is 0 Å². The van der Waals surface area contributed by atoms with E-state index in [4.69, 9.17) is 21.7 Å². The molecule has 8 heteroatoms. The number of unbranched alkanes of at least 4 members (excludes halogenated alkanes) is 1. The quantitative estimate of drug-likeness (QED) is 0.0791. The summed E-state index contributed by atoms with van der Waals surface area (Å²) >= 11 is 4.07. The Labute approximate surface area is 248 Å². The predicted molar refractivity (Wildman–Crippen MR) is 165 cm³/mol. The van der Waals surface area contributed by atoms with Crippen LogP contribution in [0.15, 0.2) is 71.1 Å². The van der Waals surface area contributed by atoms with Gasteiger partial charge in [-0.25, -0.2) is 4.39 Å². The topological polar surface area (TPSA) is 75.7 Å². The molecule has 0 heterocycles. The lowest BCUT2D eigenvalue weighted by atomic mass is 10.00. The van der Waals surface area contributed by atoms with Gasteiger partial charge in [0.1, 0.15) is 12.0 Å². The van der Waals surface area contributed by atoms with Crippen LogP contribution in [0.1, 0.15) is 68.7 Å². The summed E-state index contributed by atoms with van der Waals surface area (Å²) in [5, 5.41) is 0. The Morgan fingerprint density at radius 3 is 2.29 bits per heavy atom. The molecule has 1 atom stereocenters. The molecule has 0 saturated heterocycles. The summed E-state index contributed by atoms with van der Waals surface area (Å²) in [5.41, 5.74) is 5.06. The average molecular weight is 591 g/mol. The van der Waals surface area contributed by atoms with Crippen LogP contribution in [0.4, 0.5) is 4.39 Å². The molecule has 0 amide bonds. The minimum Gasteiger partial charge on any atom is -0.612 e. The third-order valence-corrected chi connectivity index (χ3v) is 8.01. The molecule has 0 spiro atoms. The highest BCUT2D eigenvalue weighted by atomic mass is 32.2. The van der Waals surface area contributed by atoms with Crippen LogP contribution in [0.5, 0.6) is 11.5 Å². The van der Waals surface area contributed by atoms with Gasteiger partial charge in [-0.1, -0.05) is 37.7 Å². The molecule has 1 unspecified atom stereocenters. The molecule has 1 aliphatic carbocycles. The Morgan fingerprint density at radius 1 is 1.00 bits per heavy atom. The largest absolute Gasteiger partial charge is 0.612 e. The monoisotopic (exact) mass is 590 g/mol. The van der Waals surface area contributed by atoms with Crippen molar-refractivity contribution in [3.8, 4) is 11.5 Å². The molecule has 5 nitrogen and oxygen atoms in total. The van der Waals surface area contributed by atoms with Crippen LogP contribution >= 0.6 is 12.2 Å². The molecule has 0 aliphatic heterocycles. The Balaban J connectivity index is 1.69. The maximum atomic E-state index is 15.2. The van der Waals surface area contributed by atoms with Crippen molar-refractivity contribution in [2.75, 3.05) is 6.26 Å². The van der Waals surface area contributed by atoms with E-state index in [0.717, 1.165) is 33.6 Å². The smallest absolute Gasteiger partial charge is 0.315 e. The number of allylic oxidation sites excluding steroid dienone is 2. The first kappa shape index (κ1) is 30.4. The van der Waals surface area contributed by atoms with Gasteiger partial charge in [0.15, 0.2) is 16.5 Å². The zero-order valence-corrected chi connectivity index (χ0v) is 25.0. The molecule has 4 rings (SSSR count). The van der Waals surface area contributed by atoms with E-state index in [9.17, 15) is 14.1 Å². The van der Waals surface area contributed by atoms with Gasteiger partial charge < -0.3 is 14.0 Å². The molecule has 0 radical (unpaired) electrons. The van der Waals surface area contributed by atoms with Crippen LogP contribution in [-0.2, 0) is 20.8 Å². The van der Waals surface area contributed by atoms with E-state index in [1.165, 1.54) is 12.1 Å². The van der Waals surface area contributed by atoms with Crippen molar-refractivity contribution in [3.63, 3.8) is 0 Å². The van der Waals surface area contributed by atoms with Gasteiger partial charge in [-0.15, -0.1) is 0 Å². The van der Waals surface area contributed by atoms with Gasteiger partial charge in [-0.2, -0.15) is 0 Å². The zero-order valence-electron chi connectivity index (χ0n) is 23.4. The zero-order chi connectivity index (χ0) is 29.7. The molecule has 3 aromatic rings. The van der Waals surface area contributed by atoms with Gasteiger partial charge in [0, 0.05) is 11.3 Å². The molecular weight excluding hydrogens is 559 g/mol. The number of fused-ring (bicyclic) bond motifs is 1. The van der Waals surface area contributed by atoms with Crippen LogP contribution in [0, 0.1) is 5.82 Å². The molecule has 3 aromatic carbocycles. The Hall–Kier alpha value is -3.59. The van der Waals surface area contributed by atoms with Crippen molar-refractivity contribution in [1.29, 1.82) is 0 Å². The van der Waals surface area contributed by atoms with Gasteiger partial charge in [0.05, 0.1) is 6.42 Å². The minimum atomic E-state index is -1.11. The Morgan fingerprint density at radius 2 is 1.68 bits per heavy atom. The fraction of sp³-hybridized carbons (Fsp3) is 0.242. The lowest BCUT2D eigenvalue weighted by molar-refractivity contribution is -0.135. The second-order valence-corrected chi connectivity index (χ2v) is 11.8. The first-order chi connectivity index (χ1) is 19.6. The van der Waals surface area contributed by atoms with Crippen LogP contribution in [0.3, 0.4) is 0 Å². The Kier molecular flexibility index (Phi) is 9.91. The average Bonchev–Trinajstić information content (AvgIpc) is 3.17. The maximum Gasteiger partial charge on any atom is 0.315 e. The third kappa shape index (κ3) is 7.38. The van der Waals surface area contributed by atoms with E-state index >= 15 is 4.39 Å². The minimum absolute atomic E-state index is 0.0903. The highest BCUT2D eigenvalue weighted by Gasteiger charge is 2.28. The van der Waals surface area contributed by atoms with Gasteiger partial charge in [-0.05, 0) is 125 Å².